The van der Waals surface area contributed by atoms with Gasteiger partial charge in [-0.05, 0) is 79.7 Å². The quantitative estimate of drug-likeness (QED) is 0.704. The van der Waals surface area contributed by atoms with Crippen molar-refractivity contribution in [1.82, 2.24) is 14.2 Å². The second-order valence-electron chi connectivity index (χ2n) is 9.28. The van der Waals surface area contributed by atoms with E-state index in [4.69, 9.17) is 0 Å². The van der Waals surface area contributed by atoms with Crippen molar-refractivity contribution in [3.8, 4) is 6.07 Å². The van der Waals surface area contributed by atoms with E-state index in [-0.39, 0.29) is 11.4 Å². The fourth-order valence-electron chi connectivity index (χ4n) is 5.55. The fourth-order valence-corrected chi connectivity index (χ4v) is 6.11. The molecule has 1 saturated carbocycles. The third-order valence-corrected chi connectivity index (χ3v) is 8.12. The molecule has 1 aliphatic carbocycles. The minimum absolute atomic E-state index is 0.0571. The van der Waals surface area contributed by atoms with E-state index in [1.165, 1.54) is 42.8 Å². The zero-order valence-electron chi connectivity index (χ0n) is 17.2. The van der Waals surface area contributed by atoms with Crippen LogP contribution in [0.3, 0.4) is 0 Å². The van der Waals surface area contributed by atoms with Gasteiger partial charge in [0, 0.05) is 19.3 Å². The molecule has 3 heterocycles. The molecule has 0 N–H and O–H groups in total. The van der Waals surface area contributed by atoms with Gasteiger partial charge in [-0.15, -0.1) is 0 Å². The van der Waals surface area contributed by atoms with E-state index in [0.717, 1.165) is 30.8 Å². The predicted octanol–water partition coefficient (Wildman–Crippen LogP) is 4.16. The average molecular weight is 421 g/mol. The van der Waals surface area contributed by atoms with E-state index in [2.05, 4.69) is 45.7 Å². The SMILES string of the molecule is N#CCC1(N2CCC(C[C@@H]3CC3c3ccccc3)CC2)CN(C(=O)c2ccns2)C1. The van der Waals surface area contributed by atoms with E-state index in [0.29, 0.717) is 24.4 Å². The van der Waals surface area contributed by atoms with Crippen molar-refractivity contribution < 1.29 is 4.79 Å². The Labute approximate surface area is 182 Å². The molecule has 3 aliphatic rings. The smallest absolute Gasteiger partial charge is 0.265 e. The summed E-state index contributed by atoms with van der Waals surface area (Å²) in [4.78, 5) is 17.7. The van der Waals surface area contributed by atoms with Crippen LogP contribution in [0.2, 0.25) is 0 Å². The lowest BCUT2D eigenvalue weighted by Crippen LogP contribution is -2.71. The molecule has 30 heavy (non-hydrogen) atoms. The second-order valence-corrected chi connectivity index (χ2v) is 10.1. The summed E-state index contributed by atoms with van der Waals surface area (Å²) in [5, 5.41) is 9.43. The predicted molar refractivity (Wildman–Crippen MR) is 117 cm³/mol. The third kappa shape index (κ3) is 3.77. The molecule has 1 aromatic carbocycles. The number of carbonyl (C=O) groups excluding carboxylic acids is 1. The molecule has 2 atom stereocenters. The van der Waals surface area contributed by atoms with Gasteiger partial charge in [0.2, 0.25) is 0 Å². The number of piperidine rings is 1. The molecule has 0 radical (unpaired) electrons. The number of hydrogen-bond acceptors (Lipinski definition) is 5. The maximum absolute atomic E-state index is 12.6. The number of rotatable bonds is 6. The minimum Gasteiger partial charge on any atom is -0.334 e. The van der Waals surface area contributed by atoms with Crippen molar-refractivity contribution in [2.24, 2.45) is 11.8 Å². The van der Waals surface area contributed by atoms with Gasteiger partial charge in [-0.2, -0.15) is 5.26 Å². The molecular weight excluding hydrogens is 392 g/mol. The highest BCUT2D eigenvalue weighted by molar-refractivity contribution is 7.08. The van der Waals surface area contributed by atoms with Crippen molar-refractivity contribution in [1.29, 1.82) is 5.26 Å². The van der Waals surface area contributed by atoms with Crippen LogP contribution in [-0.4, -0.2) is 51.8 Å². The topological polar surface area (TPSA) is 60.2 Å². The summed E-state index contributed by atoms with van der Waals surface area (Å²) in [6.07, 6.45) is 7.30. The van der Waals surface area contributed by atoms with Crippen LogP contribution >= 0.6 is 11.5 Å². The van der Waals surface area contributed by atoms with Gasteiger partial charge in [0.05, 0.1) is 18.0 Å². The number of benzene rings is 1. The van der Waals surface area contributed by atoms with Crippen LogP contribution in [0.4, 0.5) is 0 Å². The molecule has 5 rings (SSSR count). The number of amides is 1. The maximum Gasteiger partial charge on any atom is 0.265 e. The molecule has 6 heteroatoms. The van der Waals surface area contributed by atoms with Crippen LogP contribution in [0.5, 0.6) is 0 Å². The van der Waals surface area contributed by atoms with Crippen molar-refractivity contribution in [3.05, 3.63) is 53.0 Å². The molecule has 156 valence electrons. The molecule has 3 fully saturated rings. The van der Waals surface area contributed by atoms with E-state index in [9.17, 15) is 10.1 Å². The van der Waals surface area contributed by atoms with Crippen molar-refractivity contribution in [2.45, 2.75) is 43.6 Å². The number of aromatic nitrogens is 1. The number of nitrogens with zero attached hydrogens (tertiary/aromatic N) is 4. The van der Waals surface area contributed by atoms with E-state index in [1.54, 1.807) is 12.3 Å². The Morgan fingerprint density at radius 2 is 1.97 bits per heavy atom. The van der Waals surface area contributed by atoms with Crippen LogP contribution < -0.4 is 0 Å². The molecule has 2 aromatic rings. The second kappa shape index (κ2) is 8.13. The van der Waals surface area contributed by atoms with Crippen molar-refractivity contribution >= 4 is 17.4 Å². The zero-order chi connectivity index (χ0) is 20.6. The van der Waals surface area contributed by atoms with Gasteiger partial charge in [-0.1, -0.05) is 30.3 Å². The molecule has 1 unspecified atom stereocenters. The molecule has 1 aromatic heterocycles. The summed E-state index contributed by atoms with van der Waals surface area (Å²) >= 11 is 1.25. The standard InChI is InChI=1S/C24H28N4OS/c25-10-9-24(16-27(17-24)23(29)22-6-11-26-30-22)28-12-7-18(8-13-28)14-20-15-21(20)19-4-2-1-3-5-19/h1-6,11,18,20-21H,7-9,12-17H2/t20-,21?/m1/s1. The number of nitriles is 1. The summed E-state index contributed by atoms with van der Waals surface area (Å²) in [6.45, 7) is 3.44. The Kier molecular flexibility index (Phi) is 5.34. The van der Waals surface area contributed by atoms with E-state index in [1.807, 2.05) is 4.90 Å². The van der Waals surface area contributed by atoms with Gasteiger partial charge in [0.25, 0.3) is 5.91 Å². The lowest BCUT2D eigenvalue weighted by molar-refractivity contribution is -0.0528. The highest BCUT2D eigenvalue weighted by Gasteiger charge is 2.50. The Morgan fingerprint density at radius 1 is 1.20 bits per heavy atom. The van der Waals surface area contributed by atoms with Gasteiger partial charge < -0.3 is 4.90 Å². The molecule has 2 aliphatic heterocycles. The largest absolute Gasteiger partial charge is 0.334 e. The van der Waals surface area contributed by atoms with Gasteiger partial charge in [-0.3, -0.25) is 9.69 Å². The van der Waals surface area contributed by atoms with Gasteiger partial charge in [0.15, 0.2) is 0 Å². The Hall–Kier alpha value is -2.23. The first kappa shape index (κ1) is 19.7. The zero-order valence-corrected chi connectivity index (χ0v) is 18.1. The molecular formula is C24H28N4OS. The molecule has 0 bridgehead atoms. The molecule has 5 nitrogen and oxygen atoms in total. The number of hydrogen-bond donors (Lipinski definition) is 0. The van der Waals surface area contributed by atoms with Crippen LogP contribution in [0.1, 0.15) is 53.3 Å². The van der Waals surface area contributed by atoms with Gasteiger partial charge in [-0.25, -0.2) is 4.37 Å². The van der Waals surface area contributed by atoms with Crippen LogP contribution in [0.15, 0.2) is 42.6 Å². The average Bonchev–Trinajstić information content (AvgIpc) is 3.29. The minimum atomic E-state index is -0.147. The van der Waals surface area contributed by atoms with E-state index >= 15 is 0 Å². The lowest BCUT2D eigenvalue weighted by Gasteiger charge is -2.56. The first-order valence-corrected chi connectivity index (χ1v) is 11.8. The van der Waals surface area contributed by atoms with Gasteiger partial charge in [0.1, 0.15) is 4.88 Å². The Balaban J connectivity index is 1.13. The van der Waals surface area contributed by atoms with Gasteiger partial charge >= 0.3 is 0 Å². The highest BCUT2D eigenvalue weighted by Crippen LogP contribution is 2.52. The summed E-state index contributed by atoms with van der Waals surface area (Å²) in [6, 6.07) is 15.1. The lowest BCUT2D eigenvalue weighted by atomic mass is 9.81. The maximum atomic E-state index is 12.6. The summed E-state index contributed by atoms with van der Waals surface area (Å²) in [7, 11) is 0. The highest BCUT2D eigenvalue weighted by atomic mass is 32.1. The summed E-state index contributed by atoms with van der Waals surface area (Å²) < 4.78 is 4.04. The first-order valence-electron chi connectivity index (χ1n) is 11.1. The van der Waals surface area contributed by atoms with Crippen molar-refractivity contribution in [2.75, 3.05) is 26.2 Å². The normalized spacial score (nSPS) is 26.0. The first-order chi connectivity index (χ1) is 14.7. The molecule has 0 spiro atoms. The monoisotopic (exact) mass is 420 g/mol. The Morgan fingerprint density at radius 3 is 2.63 bits per heavy atom. The van der Waals surface area contributed by atoms with Crippen LogP contribution in [-0.2, 0) is 0 Å². The van der Waals surface area contributed by atoms with Crippen molar-refractivity contribution in [3.63, 3.8) is 0 Å². The Bertz CT molecular complexity index is 908. The fraction of sp³-hybridized carbons (Fsp3) is 0.542. The molecule has 2 saturated heterocycles. The number of likely N-dealkylation sites (tertiary alicyclic amines) is 2. The molecule has 1 amide bonds. The van der Waals surface area contributed by atoms with Crippen LogP contribution in [0, 0.1) is 23.2 Å². The van der Waals surface area contributed by atoms with Crippen LogP contribution in [0.25, 0.3) is 0 Å². The number of carbonyl (C=O) groups is 1. The van der Waals surface area contributed by atoms with E-state index < -0.39 is 0 Å². The summed E-state index contributed by atoms with van der Waals surface area (Å²) in [5.41, 5.74) is 1.36. The third-order valence-electron chi connectivity index (χ3n) is 7.39. The summed E-state index contributed by atoms with van der Waals surface area (Å²) in [5.74, 6) is 2.48.